The Labute approximate surface area is 236 Å². The minimum Gasteiger partial charge on any atom is -0.494 e. The van der Waals surface area contributed by atoms with Crippen LogP contribution in [0.15, 0.2) is 48.6 Å². The molecule has 5 atom stereocenters. The van der Waals surface area contributed by atoms with E-state index in [9.17, 15) is 19.5 Å². The quantitative estimate of drug-likeness (QED) is 0.449. The second-order valence-electron chi connectivity index (χ2n) is 11.0. The first-order valence-corrected chi connectivity index (χ1v) is 14.7. The van der Waals surface area contributed by atoms with Gasteiger partial charge in [-0.25, -0.2) is 0 Å². The highest BCUT2D eigenvalue weighted by Crippen LogP contribution is 2.58. The van der Waals surface area contributed by atoms with Gasteiger partial charge in [0.2, 0.25) is 17.7 Å². The fraction of sp³-hybridized carbons (Fsp3) is 0.581. The van der Waals surface area contributed by atoms with Crippen LogP contribution in [0.1, 0.15) is 46.5 Å². The van der Waals surface area contributed by atoms with Gasteiger partial charge in [0.1, 0.15) is 17.4 Å². The van der Waals surface area contributed by atoms with Gasteiger partial charge in [0.05, 0.1) is 24.0 Å². The molecule has 1 N–H and O–H groups in total. The van der Waals surface area contributed by atoms with Crippen molar-refractivity contribution in [2.75, 3.05) is 44.3 Å². The summed E-state index contributed by atoms with van der Waals surface area (Å²) >= 11 is 0. The molecule has 4 aliphatic heterocycles. The predicted molar refractivity (Wildman–Crippen MR) is 151 cm³/mol. The van der Waals surface area contributed by atoms with Crippen LogP contribution in [0, 0.1) is 11.8 Å². The Kier molecular flexibility index (Phi) is 8.06. The van der Waals surface area contributed by atoms with Crippen LogP contribution in [0.5, 0.6) is 5.75 Å². The molecule has 0 saturated carbocycles. The van der Waals surface area contributed by atoms with E-state index in [-0.39, 0.29) is 30.9 Å². The molecule has 1 aromatic rings. The van der Waals surface area contributed by atoms with E-state index in [1.54, 1.807) is 14.7 Å². The summed E-state index contributed by atoms with van der Waals surface area (Å²) in [5.74, 6) is -1.56. The van der Waals surface area contributed by atoms with Crippen molar-refractivity contribution in [3.05, 3.63) is 48.6 Å². The fourth-order valence-electron chi connectivity index (χ4n) is 6.96. The molecule has 9 nitrogen and oxygen atoms in total. The lowest BCUT2D eigenvalue weighted by Crippen LogP contribution is -2.56. The normalized spacial score (nSPS) is 31.2. The Balaban J connectivity index is 1.59. The van der Waals surface area contributed by atoms with Crippen LogP contribution in [0.3, 0.4) is 0 Å². The van der Waals surface area contributed by atoms with Gasteiger partial charge in [0.25, 0.3) is 0 Å². The number of ether oxygens (including phenoxy) is 2. The van der Waals surface area contributed by atoms with Crippen LogP contribution < -0.4 is 9.64 Å². The van der Waals surface area contributed by atoms with Crippen LogP contribution in [0.25, 0.3) is 0 Å². The van der Waals surface area contributed by atoms with Crippen molar-refractivity contribution in [3.8, 4) is 5.75 Å². The lowest BCUT2D eigenvalue weighted by molar-refractivity contribution is -0.152. The molecule has 2 saturated heterocycles. The van der Waals surface area contributed by atoms with Crippen LogP contribution in [0.4, 0.5) is 5.69 Å². The molecule has 5 rings (SSSR count). The molecule has 0 aliphatic carbocycles. The Hall–Kier alpha value is -3.17. The Bertz CT molecular complexity index is 1180. The van der Waals surface area contributed by atoms with Gasteiger partial charge in [0, 0.05) is 38.5 Å². The summed E-state index contributed by atoms with van der Waals surface area (Å²) in [6.07, 6.45) is 10.3. The molecule has 3 amide bonds. The van der Waals surface area contributed by atoms with E-state index in [4.69, 9.17) is 9.47 Å². The van der Waals surface area contributed by atoms with Crippen molar-refractivity contribution < 1.29 is 29.0 Å². The summed E-state index contributed by atoms with van der Waals surface area (Å²) in [5, 5.41) is 9.60. The molecule has 1 unspecified atom stereocenters. The highest BCUT2D eigenvalue weighted by molar-refractivity contribution is 6.04. The zero-order valence-electron chi connectivity index (χ0n) is 23.8. The van der Waals surface area contributed by atoms with E-state index in [0.717, 1.165) is 18.6 Å². The maximum atomic E-state index is 14.5. The lowest BCUT2D eigenvalue weighted by Gasteiger charge is -2.38. The number of rotatable bonds is 10. The van der Waals surface area contributed by atoms with Gasteiger partial charge in [-0.2, -0.15) is 0 Å². The van der Waals surface area contributed by atoms with Crippen molar-refractivity contribution in [3.63, 3.8) is 0 Å². The second-order valence-corrected chi connectivity index (χ2v) is 11.0. The molecule has 1 spiro atoms. The average Bonchev–Trinajstić information content (AvgIpc) is 3.25. The summed E-state index contributed by atoms with van der Waals surface area (Å²) < 4.78 is 12.6. The van der Waals surface area contributed by atoms with Gasteiger partial charge >= 0.3 is 0 Å². The van der Waals surface area contributed by atoms with E-state index in [1.165, 1.54) is 0 Å². The third-order valence-corrected chi connectivity index (χ3v) is 8.82. The molecule has 40 heavy (non-hydrogen) atoms. The Morgan fingerprint density at radius 3 is 2.35 bits per heavy atom. The van der Waals surface area contributed by atoms with Crippen molar-refractivity contribution in [2.45, 2.75) is 63.7 Å². The molecular formula is C31H41N3O6. The lowest BCUT2D eigenvalue weighted by atomic mass is 9.73. The standard InChI is InChI=1S/C31H41N3O6/c1-4-7-17-32-18-9-16-31-25(28(37)34(20-10-21-35)26(31)29(32)38)24-27(36)33(19-8-15-30(24,5-2)40-31)22-11-13-23(14-12-22)39-6-3/h8-9,11-16,24-26,35H,4-7,10,17-21H2,1-3H3/t24-,25-,26?,30+,31-/m0/s1. The van der Waals surface area contributed by atoms with Crippen LogP contribution in [0.2, 0.25) is 0 Å². The smallest absolute Gasteiger partial charge is 0.249 e. The van der Waals surface area contributed by atoms with Crippen molar-refractivity contribution in [1.29, 1.82) is 0 Å². The summed E-state index contributed by atoms with van der Waals surface area (Å²) in [6.45, 7) is 8.00. The van der Waals surface area contributed by atoms with E-state index < -0.39 is 29.1 Å². The number of unbranched alkanes of at least 4 members (excludes halogenated alkanes) is 1. The van der Waals surface area contributed by atoms with Gasteiger partial charge in [0.15, 0.2) is 0 Å². The summed E-state index contributed by atoms with van der Waals surface area (Å²) in [6, 6.07) is 6.50. The predicted octanol–water partition coefficient (Wildman–Crippen LogP) is 2.93. The topological polar surface area (TPSA) is 99.6 Å². The van der Waals surface area contributed by atoms with E-state index >= 15 is 0 Å². The van der Waals surface area contributed by atoms with Crippen molar-refractivity contribution in [1.82, 2.24) is 9.80 Å². The molecule has 4 aliphatic rings. The summed E-state index contributed by atoms with van der Waals surface area (Å²) in [5.41, 5.74) is -1.59. The molecule has 2 fully saturated rings. The largest absolute Gasteiger partial charge is 0.494 e. The molecule has 0 aromatic heterocycles. The number of likely N-dealkylation sites (tertiary alicyclic amines) is 1. The number of benzene rings is 1. The number of aliphatic hydroxyl groups is 1. The third kappa shape index (κ3) is 4.43. The SMILES string of the molecule is CCCCN1CC=C[C@]23O[C@]4(CC)C=CCN(c5ccc(OCC)cc5)C(=O)[C@@H]4[C@H]2C(=O)N(CCCO)C3C1=O. The monoisotopic (exact) mass is 551 g/mol. The molecular weight excluding hydrogens is 510 g/mol. The van der Waals surface area contributed by atoms with Crippen LogP contribution in [-0.4, -0.2) is 89.3 Å². The summed E-state index contributed by atoms with van der Waals surface area (Å²) in [4.78, 5) is 48.0. The average molecular weight is 552 g/mol. The first kappa shape index (κ1) is 28.4. The maximum Gasteiger partial charge on any atom is 0.249 e. The molecule has 216 valence electrons. The minimum atomic E-state index is -1.27. The van der Waals surface area contributed by atoms with Gasteiger partial charge in [-0.1, -0.05) is 44.6 Å². The highest BCUT2D eigenvalue weighted by atomic mass is 16.5. The van der Waals surface area contributed by atoms with E-state index in [2.05, 4.69) is 6.92 Å². The van der Waals surface area contributed by atoms with Crippen LogP contribution in [-0.2, 0) is 19.1 Å². The Morgan fingerprint density at radius 1 is 0.925 bits per heavy atom. The number of fused-ring (bicyclic) bond motifs is 2. The Morgan fingerprint density at radius 2 is 1.68 bits per heavy atom. The first-order valence-electron chi connectivity index (χ1n) is 14.7. The maximum absolute atomic E-state index is 14.5. The third-order valence-electron chi connectivity index (χ3n) is 8.82. The zero-order chi connectivity index (χ0) is 28.5. The highest BCUT2D eigenvalue weighted by Gasteiger charge is 2.75. The number of nitrogens with zero attached hydrogens (tertiary/aromatic N) is 3. The molecule has 0 bridgehead atoms. The van der Waals surface area contributed by atoms with E-state index in [0.29, 0.717) is 44.8 Å². The van der Waals surface area contributed by atoms with Gasteiger partial charge in [-0.3, -0.25) is 14.4 Å². The first-order chi connectivity index (χ1) is 19.4. The summed E-state index contributed by atoms with van der Waals surface area (Å²) in [7, 11) is 0. The number of amides is 3. The van der Waals surface area contributed by atoms with Gasteiger partial charge in [-0.15, -0.1) is 0 Å². The number of carbonyl (C=O) groups is 3. The second kappa shape index (κ2) is 11.4. The number of carbonyl (C=O) groups excluding carboxylic acids is 3. The van der Waals surface area contributed by atoms with Crippen molar-refractivity contribution in [2.24, 2.45) is 11.8 Å². The van der Waals surface area contributed by atoms with Gasteiger partial charge in [-0.05, 0) is 50.5 Å². The molecule has 4 heterocycles. The van der Waals surface area contributed by atoms with Crippen molar-refractivity contribution >= 4 is 23.4 Å². The number of hydrogen-bond donors (Lipinski definition) is 1. The number of hydrogen-bond acceptors (Lipinski definition) is 6. The molecule has 1 aromatic carbocycles. The fourth-order valence-corrected chi connectivity index (χ4v) is 6.96. The molecule has 9 heteroatoms. The van der Waals surface area contributed by atoms with Crippen LogP contribution >= 0.6 is 0 Å². The molecule has 0 radical (unpaired) electrons. The minimum absolute atomic E-state index is 0.103. The number of anilines is 1. The van der Waals surface area contributed by atoms with E-state index in [1.807, 2.05) is 62.4 Å². The van der Waals surface area contributed by atoms with Gasteiger partial charge < -0.3 is 29.3 Å². The zero-order valence-corrected chi connectivity index (χ0v) is 23.8. The number of aliphatic hydroxyl groups excluding tert-OH is 1.